The Balaban J connectivity index is 3.22. The first kappa shape index (κ1) is 9.49. The Morgan fingerprint density at radius 3 is 2.77 bits per heavy atom. The van der Waals surface area contributed by atoms with Gasteiger partial charge >= 0.3 is 0 Å². The number of rotatable bonds is 1. The SMILES string of the molecule is N#Cc1ccc(/C(Cl)=N/O)c(F)c1. The lowest BCUT2D eigenvalue weighted by Gasteiger charge is -1.98. The van der Waals surface area contributed by atoms with Crippen molar-refractivity contribution < 1.29 is 9.60 Å². The molecule has 3 nitrogen and oxygen atoms in total. The first-order valence-electron chi connectivity index (χ1n) is 3.26. The van der Waals surface area contributed by atoms with Crippen molar-refractivity contribution in [2.24, 2.45) is 5.16 Å². The Morgan fingerprint density at radius 1 is 1.62 bits per heavy atom. The van der Waals surface area contributed by atoms with Crippen molar-refractivity contribution in [2.75, 3.05) is 0 Å². The van der Waals surface area contributed by atoms with Gasteiger partial charge in [-0.2, -0.15) is 5.26 Å². The smallest absolute Gasteiger partial charge is 0.178 e. The highest BCUT2D eigenvalue weighted by Crippen LogP contribution is 2.12. The average Bonchev–Trinajstić information content (AvgIpc) is 2.16. The van der Waals surface area contributed by atoms with E-state index in [1.807, 2.05) is 0 Å². The van der Waals surface area contributed by atoms with Gasteiger partial charge in [0.1, 0.15) is 5.82 Å². The molecule has 0 bridgehead atoms. The summed E-state index contributed by atoms with van der Waals surface area (Å²) in [5, 5.41) is 19.0. The van der Waals surface area contributed by atoms with E-state index in [9.17, 15) is 4.39 Å². The minimum Gasteiger partial charge on any atom is -0.410 e. The van der Waals surface area contributed by atoms with Crippen LogP contribution < -0.4 is 0 Å². The molecule has 1 aromatic rings. The fourth-order valence-electron chi connectivity index (χ4n) is 0.806. The van der Waals surface area contributed by atoms with E-state index >= 15 is 0 Å². The molecule has 1 aromatic carbocycles. The third kappa shape index (κ3) is 1.95. The zero-order chi connectivity index (χ0) is 9.84. The second-order valence-electron chi connectivity index (χ2n) is 2.20. The zero-order valence-corrected chi connectivity index (χ0v) is 7.09. The molecule has 0 spiro atoms. The Labute approximate surface area is 78.7 Å². The molecule has 0 atom stereocenters. The molecule has 0 saturated carbocycles. The second-order valence-corrected chi connectivity index (χ2v) is 2.56. The van der Waals surface area contributed by atoms with Gasteiger partial charge in [-0.25, -0.2) is 4.39 Å². The number of hydrogen-bond donors (Lipinski definition) is 1. The highest BCUT2D eigenvalue weighted by Gasteiger charge is 2.08. The standard InChI is InChI=1S/C8H4ClFN2O/c9-8(12-13)6-2-1-5(4-11)3-7(6)10/h1-3,13H/b12-8-. The highest BCUT2D eigenvalue weighted by molar-refractivity contribution is 6.69. The average molecular weight is 199 g/mol. The van der Waals surface area contributed by atoms with E-state index < -0.39 is 5.82 Å². The van der Waals surface area contributed by atoms with Crippen molar-refractivity contribution in [3.05, 3.63) is 35.1 Å². The molecule has 1 N–H and O–H groups in total. The van der Waals surface area contributed by atoms with Crippen LogP contribution in [-0.2, 0) is 0 Å². The van der Waals surface area contributed by atoms with Crippen molar-refractivity contribution in [3.63, 3.8) is 0 Å². The van der Waals surface area contributed by atoms with Crippen molar-refractivity contribution >= 4 is 16.8 Å². The Hall–Kier alpha value is -1.60. The minimum absolute atomic E-state index is 0.0387. The fourth-order valence-corrected chi connectivity index (χ4v) is 0.959. The molecule has 13 heavy (non-hydrogen) atoms. The molecule has 0 fully saturated rings. The van der Waals surface area contributed by atoms with E-state index in [0.29, 0.717) is 0 Å². The Bertz CT molecular complexity index is 398. The van der Waals surface area contributed by atoms with Crippen molar-refractivity contribution in [1.82, 2.24) is 0 Å². The van der Waals surface area contributed by atoms with Gasteiger partial charge in [-0.1, -0.05) is 16.8 Å². The van der Waals surface area contributed by atoms with Crippen LogP contribution in [0.3, 0.4) is 0 Å². The van der Waals surface area contributed by atoms with Crippen molar-refractivity contribution in [2.45, 2.75) is 0 Å². The topological polar surface area (TPSA) is 56.4 Å². The van der Waals surface area contributed by atoms with E-state index in [1.165, 1.54) is 12.1 Å². The van der Waals surface area contributed by atoms with Crippen LogP contribution in [0.2, 0.25) is 0 Å². The maximum absolute atomic E-state index is 13.0. The molecule has 0 aliphatic carbocycles. The molecule has 66 valence electrons. The third-order valence-electron chi connectivity index (χ3n) is 1.41. The molecule has 0 amide bonds. The van der Waals surface area contributed by atoms with E-state index in [2.05, 4.69) is 5.16 Å². The molecule has 0 radical (unpaired) electrons. The fraction of sp³-hybridized carbons (Fsp3) is 0. The van der Waals surface area contributed by atoms with Crippen LogP contribution in [0.5, 0.6) is 0 Å². The maximum atomic E-state index is 13.0. The number of nitrogens with zero attached hydrogens (tertiary/aromatic N) is 2. The molecule has 1 rings (SSSR count). The summed E-state index contributed by atoms with van der Waals surface area (Å²) in [6.45, 7) is 0. The molecule has 0 aliphatic heterocycles. The van der Waals surface area contributed by atoms with Crippen LogP contribution in [0.15, 0.2) is 23.4 Å². The predicted molar refractivity (Wildman–Crippen MR) is 45.3 cm³/mol. The van der Waals surface area contributed by atoms with Crippen molar-refractivity contribution in [1.29, 1.82) is 5.26 Å². The molecular formula is C8H4ClFN2O. The first-order chi connectivity index (χ1) is 6.19. The van der Waals surface area contributed by atoms with Gasteiger partial charge in [0.15, 0.2) is 5.17 Å². The van der Waals surface area contributed by atoms with Crippen LogP contribution in [0, 0.1) is 17.1 Å². The maximum Gasteiger partial charge on any atom is 0.178 e. The van der Waals surface area contributed by atoms with Gasteiger partial charge in [0.05, 0.1) is 17.2 Å². The summed E-state index contributed by atoms with van der Waals surface area (Å²) in [5.41, 5.74) is 0.145. The molecule has 0 aliphatic rings. The molecule has 0 unspecified atom stereocenters. The Kier molecular flexibility index (Phi) is 2.83. The third-order valence-corrected chi connectivity index (χ3v) is 1.69. The number of benzene rings is 1. The normalized spacial score (nSPS) is 11.0. The first-order valence-corrected chi connectivity index (χ1v) is 3.64. The lowest BCUT2D eigenvalue weighted by molar-refractivity contribution is 0.320. The summed E-state index contributed by atoms with van der Waals surface area (Å²) < 4.78 is 13.0. The molecule has 0 aromatic heterocycles. The van der Waals surface area contributed by atoms with Gasteiger partial charge in [0, 0.05) is 0 Å². The summed E-state index contributed by atoms with van der Waals surface area (Å²) in [6, 6.07) is 5.44. The van der Waals surface area contributed by atoms with Gasteiger partial charge in [-0.05, 0) is 18.2 Å². The quantitative estimate of drug-likeness (QED) is 0.427. The largest absolute Gasteiger partial charge is 0.410 e. The number of halogens is 2. The van der Waals surface area contributed by atoms with Gasteiger partial charge in [0.2, 0.25) is 0 Å². The molecule has 5 heteroatoms. The van der Waals surface area contributed by atoms with Gasteiger partial charge < -0.3 is 5.21 Å². The monoisotopic (exact) mass is 198 g/mol. The predicted octanol–water partition coefficient (Wildman–Crippen LogP) is 2.07. The highest BCUT2D eigenvalue weighted by atomic mass is 35.5. The summed E-state index contributed by atoms with van der Waals surface area (Å²) >= 11 is 5.37. The van der Waals surface area contributed by atoms with E-state index in [1.54, 1.807) is 6.07 Å². The zero-order valence-electron chi connectivity index (χ0n) is 6.33. The van der Waals surface area contributed by atoms with Gasteiger partial charge in [-0.15, -0.1) is 0 Å². The van der Waals surface area contributed by atoms with Crippen LogP contribution in [0.25, 0.3) is 0 Å². The summed E-state index contributed by atoms with van der Waals surface area (Å²) in [4.78, 5) is 0. The van der Waals surface area contributed by atoms with Crippen molar-refractivity contribution in [3.8, 4) is 6.07 Å². The van der Waals surface area contributed by atoms with Crippen LogP contribution >= 0.6 is 11.6 Å². The lowest BCUT2D eigenvalue weighted by atomic mass is 10.1. The molecular weight excluding hydrogens is 195 g/mol. The summed E-state index contributed by atoms with van der Waals surface area (Å²) in [6.07, 6.45) is 0. The van der Waals surface area contributed by atoms with E-state index in [0.717, 1.165) is 6.07 Å². The van der Waals surface area contributed by atoms with E-state index in [4.69, 9.17) is 22.1 Å². The number of nitriles is 1. The van der Waals surface area contributed by atoms with Gasteiger partial charge in [0.25, 0.3) is 0 Å². The lowest BCUT2D eigenvalue weighted by Crippen LogP contribution is -1.96. The van der Waals surface area contributed by atoms with Crippen LogP contribution in [0.4, 0.5) is 4.39 Å². The number of oxime groups is 1. The summed E-state index contributed by atoms with van der Waals surface area (Å²) in [7, 11) is 0. The van der Waals surface area contributed by atoms with Gasteiger partial charge in [-0.3, -0.25) is 0 Å². The van der Waals surface area contributed by atoms with Crippen LogP contribution in [0.1, 0.15) is 11.1 Å². The minimum atomic E-state index is -0.693. The Morgan fingerprint density at radius 2 is 2.31 bits per heavy atom. The van der Waals surface area contributed by atoms with E-state index in [-0.39, 0.29) is 16.3 Å². The second kappa shape index (κ2) is 3.87. The number of hydrogen-bond acceptors (Lipinski definition) is 3. The van der Waals surface area contributed by atoms with Crippen LogP contribution in [-0.4, -0.2) is 10.4 Å². The summed E-state index contributed by atoms with van der Waals surface area (Å²) in [5.74, 6) is -0.693. The molecule has 0 saturated heterocycles. The molecule has 0 heterocycles.